The first-order valence-electron chi connectivity index (χ1n) is 16.5. The zero-order chi connectivity index (χ0) is 32.2. The molecule has 228 valence electrons. The number of benzene rings is 8. The quantitative estimate of drug-likeness (QED) is 0.120. The summed E-state index contributed by atoms with van der Waals surface area (Å²) in [4.78, 5) is 2.39. The van der Waals surface area contributed by atoms with E-state index in [1.165, 1.54) is 42.6 Å². The second-order valence-electron chi connectivity index (χ2n) is 12.1. The molecule has 2 heteroatoms. The number of hydrogen-bond acceptors (Lipinski definition) is 1. The molecule has 0 radical (unpaired) electrons. The van der Waals surface area contributed by atoms with E-state index in [1.54, 1.807) is 0 Å². The minimum atomic E-state index is -2.72. The highest BCUT2D eigenvalue weighted by molar-refractivity contribution is 7.20. The third kappa shape index (κ3) is 5.33. The molecule has 0 amide bonds. The first-order valence-corrected chi connectivity index (χ1v) is 18.5. The Kier molecular flexibility index (Phi) is 8.00. The van der Waals surface area contributed by atoms with Crippen LogP contribution in [0.1, 0.15) is 0 Å². The van der Waals surface area contributed by atoms with E-state index in [-0.39, 0.29) is 0 Å². The molecule has 0 aliphatic carbocycles. The summed E-state index contributed by atoms with van der Waals surface area (Å²) in [6.45, 7) is 0. The Morgan fingerprint density at radius 3 is 1.42 bits per heavy atom. The fourth-order valence-electron chi connectivity index (χ4n) is 7.19. The SMILES string of the molecule is c1ccc(-c2ccccc2N(c2ccccc2)c2ccc([Si](c3ccccc3)(c3ccccc3)c3ccc4ccccc4c3)cc2)cc1. The van der Waals surface area contributed by atoms with Crippen LogP contribution in [0.3, 0.4) is 0 Å². The van der Waals surface area contributed by atoms with Gasteiger partial charge in [0.05, 0.1) is 5.69 Å². The number of nitrogens with zero attached hydrogens (tertiary/aromatic N) is 1. The first kappa shape index (κ1) is 29.4. The molecule has 0 saturated heterocycles. The van der Waals surface area contributed by atoms with Gasteiger partial charge in [0.2, 0.25) is 0 Å². The zero-order valence-corrected chi connectivity index (χ0v) is 27.7. The lowest BCUT2D eigenvalue weighted by atomic mass is 10.0. The summed E-state index contributed by atoms with van der Waals surface area (Å²) in [5, 5.41) is 7.99. The molecule has 0 aliphatic rings. The van der Waals surface area contributed by atoms with Gasteiger partial charge in [0.1, 0.15) is 0 Å². The number of fused-ring (bicyclic) bond motifs is 1. The van der Waals surface area contributed by atoms with Gasteiger partial charge in [-0.1, -0.05) is 182 Å². The van der Waals surface area contributed by atoms with E-state index < -0.39 is 8.07 Å². The van der Waals surface area contributed by atoms with Crippen molar-refractivity contribution >= 4 is 56.7 Å². The van der Waals surface area contributed by atoms with E-state index in [9.17, 15) is 0 Å². The molecule has 0 unspecified atom stereocenters. The van der Waals surface area contributed by atoms with Crippen LogP contribution in [0.5, 0.6) is 0 Å². The van der Waals surface area contributed by atoms with Crippen LogP contribution in [-0.4, -0.2) is 8.07 Å². The molecule has 0 aromatic heterocycles. The maximum atomic E-state index is 2.43. The van der Waals surface area contributed by atoms with Gasteiger partial charge in [-0.2, -0.15) is 0 Å². The van der Waals surface area contributed by atoms with Crippen molar-refractivity contribution in [1.82, 2.24) is 0 Å². The van der Waals surface area contributed by atoms with Crippen molar-refractivity contribution < 1.29 is 0 Å². The Labute approximate surface area is 284 Å². The summed E-state index contributed by atoms with van der Waals surface area (Å²) < 4.78 is 0. The van der Waals surface area contributed by atoms with E-state index in [0.29, 0.717) is 0 Å². The molecule has 0 aliphatic heterocycles. The van der Waals surface area contributed by atoms with Gasteiger partial charge in [-0.25, -0.2) is 0 Å². The Morgan fingerprint density at radius 1 is 0.312 bits per heavy atom. The van der Waals surface area contributed by atoms with Crippen molar-refractivity contribution in [2.45, 2.75) is 0 Å². The van der Waals surface area contributed by atoms with E-state index >= 15 is 0 Å². The second kappa shape index (κ2) is 13.0. The second-order valence-corrected chi connectivity index (χ2v) is 16.0. The van der Waals surface area contributed by atoms with Crippen molar-refractivity contribution in [2.24, 2.45) is 0 Å². The Morgan fingerprint density at radius 2 is 0.771 bits per heavy atom. The van der Waals surface area contributed by atoms with E-state index in [4.69, 9.17) is 0 Å². The predicted octanol–water partition coefficient (Wildman–Crippen LogP) is 9.35. The molecule has 0 N–H and O–H groups in total. The standard InChI is InChI=1S/C46H35NSi/c1-5-18-37(19-6-1)45-27-15-16-28-46(45)47(39-21-7-2-8-22-39)40-30-33-43(34-31-40)48(41-23-9-3-10-24-41,42-25-11-4-12-26-42)44-32-29-36-17-13-14-20-38(36)35-44/h1-35H. The highest BCUT2D eigenvalue weighted by Gasteiger charge is 2.41. The van der Waals surface area contributed by atoms with Crippen molar-refractivity contribution in [3.63, 3.8) is 0 Å². The third-order valence-electron chi connectivity index (χ3n) is 9.40. The average molecular weight is 630 g/mol. The molecule has 8 aromatic carbocycles. The molecule has 0 saturated carbocycles. The molecule has 8 rings (SSSR count). The molecule has 48 heavy (non-hydrogen) atoms. The maximum absolute atomic E-state index is 2.72. The Hall–Kier alpha value is -5.96. The molecule has 8 aromatic rings. The molecular weight excluding hydrogens is 595 g/mol. The number of para-hydroxylation sites is 2. The van der Waals surface area contributed by atoms with Crippen LogP contribution in [-0.2, 0) is 0 Å². The minimum Gasteiger partial charge on any atom is -0.310 e. The third-order valence-corrected chi connectivity index (χ3v) is 14.2. The van der Waals surface area contributed by atoms with Gasteiger partial charge in [0.15, 0.2) is 8.07 Å². The summed E-state index contributed by atoms with van der Waals surface area (Å²) >= 11 is 0. The topological polar surface area (TPSA) is 3.24 Å². The highest BCUT2D eigenvalue weighted by atomic mass is 28.3. The molecule has 0 bridgehead atoms. The molecular formula is C46H35NSi. The lowest BCUT2D eigenvalue weighted by molar-refractivity contribution is 1.28. The summed E-state index contributed by atoms with van der Waals surface area (Å²) in [5.41, 5.74) is 5.78. The van der Waals surface area contributed by atoms with Gasteiger partial charge in [-0.15, -0.1) is 0 Å². The Balaban J connectivity index is 1.35. The van der Waals surface area contributed by atoms with E-state index in [2.05, 4.69) is 217 Å². The van der Waals surface area contributed by atoms with Crippen LogP contribution in [0, 0.1) is 0 Å². The van der Waals surface area contributed by atoms with Crippen LogP contribution in [0.15, 0.2) is 212 Å². The number of hydrogen-bond donors (Lipinski definition) is 0. The summed E-state index contributed by atoms with van der Waals surface area (Å²) in [6.07, 6.45) is 0. The predicted molar refractivity (Wildman–Crippen MR) is 208 cm³/mol. The van der Waals surface area contributed by atoms with Crippen LogP contribution in [0.4, 0.5) is 17.1 Å². The largest absolute Gasteiger partial charge is 0.310 e. The van der Waals surface area contributed by atoms with Crippen LogP contribution >= 0.6 is 0 Å². The minimum absolute atomic E-state index is 1.12. The monoisotopic (exact) mass is 629 g/mol. The van der Waals surface area contributed by atoms with Gasteiger partial charge in [0.25, 0.3) is 0 Å². The van der Waals surface area contributed by atoms with Crippen LogP contribution in [0.2, 0.25) is 0 Å². The van der Waals surface area contributed by atoms with Crippen molar-refractivity contribution in [3.05, 3.63) is 212 Å². The molecule has 0 spiro atoms. The smallest absolute Gasteiger partial charge is 0.179 e. The van der Waals surface area contributed by atoms with Gasteiger partial charge in [-0.3, -0.25) is 0 Å². The van der Waals surface area contributed by atoms with Crippen molar-refractivity contribution in [1.29, 1.82) is 0 Å². The van der Waals surface area contributed by atoms with Gasteiger partial charge >= 0.3 is 0 Å². The lowest BCUT2D eigenvalue weighted by Crippen LogP contribution is -2.74. The highest BCUT2D eigenvalue weighted by Crippen LogP contribution is 2.40. The number of rotatable bonds is 8. The summed E-state index contributed by atoms with van der Waals surface area (Å²) in [6, 6.07) is 77.6. The molecule has 0 heterocycles. The van der Waals surface area contributed by atoms with Crippen molar-refractivity contribution in [2.75, 3.05) is 4.90 Å². The average Bonchev–Trinajstić information content (AvgIpc) is 3.18. The fourth-order valence-corrected chi connectivity index (χ4v) is 12.0. The molecule has 1 nitrogen and oxygen atoms in total. The lowest BCUT2D eigenvalue weighted by Gasteiger charge is -2.35. The number of anilines is 3. The van der Waals surface area contributed by atoms with Gasteiger partial charge in [-0.05, 0) is 67.4 Å². The van der Waals surface area contributed by atoms with E-state index in [0.717, 1.165) is 17.1 Å². The molecule has 0 atom stereocenters. The van der Waals surface area contributed by atoms with Gasteiger partial charge < -0.3 is 4.90 Å². The van der Waals surface area contributed by atoms with Crippen LogP contribution < -0.4 is 25.6 Å². The fraction of sp³-hybridized carbons (Fsp3) is 0. The normalized spacial score (nSPS) is 11.3. The summed E-state index contributed by atoms with van der Waals surface area (Å²) in [5.74, 6) is 0. The van der Waals surface area contributed by atoms with Crippen LogP contribution in [0.25, 0.3) is 21.9 Å². The summed E-state index contributed by atoms with van der Waals surface area (Å²) in [7, 11) is -2.72. The Bertz CT molecular complexity index is 2230. The first-order chi connectivity index (χ1) is 23.8. The van der Waals surface area contributed by atoms with E-state index in [1.807, 2.05) is 0 Å². The van der Waals surface area contributed by atoms with Gasteiger partial charge in [0, 0.05) is 16.9 Å². The van der Waals surface area contributed by atoms with Crippen molar-refractivity contribution in [3.8, 4) is 11.1 Å². The maximum Gasteiger partial charge on any atom is 0.179 e. The molecule has 0 fully saturated rings. The zero-order valence-electron chi connectivity index (χ0n) is 26.7.